The average Bonchev–Trinajstić information content (AvgIpc) is 3.13. The van der Waals surface area contributed by atoms with Crippen LogP contribution < -0.4 is 4.90 Å². The lowest BCUT2D eigenvalue weighted by molar-refractivity contribution is 0.281. The van der Waals surface area contributed by atoms with E-state index in [1.54, 1.807) is 12.5 Å². The van der Waals surface area contributed by atoms with Crippen LogP contribution in [0, 0.1) is 0 Å². The molecule has 0 aliphatic heterocycles. The Morgan fingerprint density at radius 1 is 1.44 bits per heavy atom. The van der Waals surface area contributed by atoms with E-state index in [0.717, 1.165) is 30.0 Å². The summed E-state index contributed by atoms with van der Waals surface area (Å²) in [6.45, 7) is 0.638. The second kappa shape index (κ2) is 4.78. The zero-order valence-electron chi connectivity index (χ0n) is 9.99. The lowest BCUT2D eigenvalue weighted by atomic mass is 10.2. The molecule has 1 aliphatic carbocycles. The second-order valence-electron chi connectivity index (χ2n) is 4.47. The summed E-state index contributed by atoms with van der Waals surface area (Å²) < 4.78 is 5.39. The minimum atomic E-state index is -0.0441. The third-order valence-electron chi connectivity index (χ3n) is 3.10. The van der Waals surface area contributed by atoms with Crippen LogP contribution in [0.1, 0.15) is 24.2 Å². The molecule has 0 unspecified atom stereocenters. The molecule has 3 rings (SSSR count). The van der Waals surface area contributed by atoms with Gasteiger partial charge in [-0.2, -0.15) is 0 Å². The first kappa shape index (κ1) is 11.2. The smallest absolute Gasteiger partial charge is 0.138 e. The summed E-state index contributed by atoms with van der Waals surface area (Å²) in [6, 6.07) is 4.33. The first-order valence-corrected chi connectivity index (χ1v) is 6.07. The van der Waals surface area contributed by atoms with Crippen LogP contribution >= 0.6 is 0 Å². The number of hydrogen-bond donors (Lipinski definition) is 1. The fourth-order valence-corrected chi connectivity index (χ4v) is 2.06. The number of nitrogens with zero attached hydrogens (tertiary/aromatic N) is 3. The molecule has 18 heavy (non-hydrogen) atoms. The number of aromatic nitrogens is 2. The quantitative estimate of drug-likeness (QED) is 0.869. The van der Waals surface area contributed by atoms with Gasteiger partial charge in [-0.1, -0.05) is 0 Å². The molecule has 5 nitrogen and oxygen atoms in total. The van der Waals surface area contributed by atoms with E-state index in [-0.39, 0.29) is 6.61 Å². The Hall–Kier alpha value is -1.88. The highest BCUT2D eigenvalue weighted by Crippen LogP contribution is 2.33. The van der Waals surface area contributed by atoms with Crippen molar-refractivity contribution in [2.45, 2.75) is 32.0 Å². The highest BCUT2D eigenvalue weighted by molar-refractivity contribution is 5.47. The summed E-state index contributed by atoms with van der Waals surface area (Å²) in [5, 5.41) is 9.37. The van der Waals surface area contributed by atoms with Gasteiger partial charge in [-0.15, -0.1) is 0 Å². The minimum Gasteiger partial charge on any atom is -0.467 e. The minimum absolute atomic E-state index is 0.0441. The molecule has 2 aromatic heterocycles. The van der Waals surface area contributed by atoms with E-state index in [4.69, 9.17) is 4.42 Å². The van der Waals surface area contributed by atoms with Crippen LogP contribution in [-0.2, 0) is 13.2 Å². The maximum Gasteiger partial charge on any atom is 0.138 e. The Morgan fingerprint density at radius 3 is 3.00 bits per heavy atom. The standard InChI is InChI=1S/C13H15N3O2/c17-8-10-6-14-9-15-13(10)16(11-3-4-11)7-12-2-1-5-18-12/h1-2,5-6,9,11,17H,3-4,7-8H2. The SMILES string of the molecule is OCc1cncnc1N(Cc1ccco1)C1CC1. The van der Waals surface area contributed by atoms with Crippen LogP contribution in [0.2, 0.25) is 0 Å². The molecule has 1 saturated carbocycles. The third-order valence-corrected chi connectivity index (χ3v) is 3.10. The van der Waals surface area contributed by atoms with Gasteiger partial charge in [-0.25, -0.2) is 9.97 Å². The van der Waals surface area contributed by atoms with E-state index in [2.05, 4.69) is 14.9 Å². The fraction of sp³-hybridized carbons (Fsp3) is 0.385. The summed E-state index contributed by atoms with van der Waals surface area (Å²) in [6.07, 6.45) is 7.18. The first-order valence-electron chi connectivity index (χ1n) is 6.07. The molecule has 0 aromatic carbocycles. The van der Waals surface area contributed by atoms with Crippen LogP contribution in [0.15, 0.2) is 35.3 Å². The Bertz CT molecular complexity index is 509. The van der Waals surface area contributed by atoms with E-state index in [9.17, 15) is 5.11 Å². The van der Waals surface area contributed by atoms with Crippen molar-refractivity contribution in [3.05, 3.63) is 42.2 Å². The third kappa shape index (κ3) is 2.22. The molecule has 1 fully saturated rings. The highest BCUT2D eigenvalue weighted by atomic mass is 16.3. The van der Waals surface area contributed by atoms with E-state index < -0.39 is 0 Å². The lowest BCUT2D eigenvalue weighted by Gasteiger charge is -2.24. The number of aliphatic hydroxyl groups excluding tert-OH is 1. The van der Waals surface area contributed by atoms with Crippen LogP contribution in [0.5, 0.6) is 0 Å². The number of furan rings is 1. The molecule has 1 aliphatic rings. The molecule has 0 amide bonds. The Kier molecular flexibility index (Phi) is 2.98. The molecular weight excluding hydrogens is 230 g/mol. The molecule has 1 N–H and O–H groups in total. The highest BCUT2D eigenvalue weighted by Gasteiger charge is 2.31. The molecule has 0 atom stereocenters. The topological polar surface area (TPSA) is 62.4 Å². The van der Waals surface area contributed by atoms with Crippen molar-refractivity contribution >= 4 is 5.82 Å². The van der Waals surface area contributed by atoms with Gasteiger partial charge in [0.15, 0.2) is 0 Å². The van der Waals surface area contributed by atoms with Crippen molar-refractivity contribution in [2.75, 3.05) is 4.90 Å². The predicted molar refractivity (Wildman–Crippen MR) is 65.9 cm³/mol. The first-order chi connectivity index (χ1) is 8.88. The van der Waals surface area contributed by atoms with Crippen molar-refractivity contribution in [3.63, 3.8) is 0 Å². The molecule has 94 valence electrons. The van der Waals surface area contributed by atoms with Gasteiger partial charge in [0.1, 0.15) is 17.9 Å². The number of anilines is 1. The van der Waals surface area contributed by atoms with Crippen LogP contribution in [0.25, 0.3) is 0 Å². The van der Waals surface area contributed by atoms with Gasteiger partial charge in [0.2, 0.25) is 0 Å². The van der Waals surface area contributed by atoms with Gasteiger partial charge < -0.3 is 14.4 Å². The van der Waals surface area contributed by atoms with Gasteiger partial charge in [-0.3, -0.25) is 0 Å². The largest absolute Gasteiger partial charge is 0.467 e. The van der Waals surface area contributed by atoms with Gasteiger partial charge in [0.25, 0.3) is 0 Å². The zero-order valence-corrected chi connectivity index (χ0v) is 9.99. The average molecular weight is 245 g/mol. The van der Waals surface area contributed by atoms with Crippen molar-refractivity contribution in [1.29, 1.82) is 0 Å². The van der Waals surface area contributed by atoms with Crippen molar-refractivity contribution in [1.82, 2.24) is 9.97 Å². The molecule has 0 spiro atoms. The zero-order chi connectivity index (χ0) is 12.4. The van der Waals surface area contributed by atoms with E-state index in [1.807, 2.05) is 12.1 Å². The number of hydrogen-bond acceptors (Lipinski definition) is 5. The molecular formula is C13H15N3O2. The van der Waals surface area contributed by atoms with Crippen LogP contribution in [-0.4, -0.2) is 21.1 Å². The summed E-state index contributed by atoms with van der Waals surface area (Å²) in [7, 11) is 0. The molecule has 2 heterocycles. The van der Waals surface area contributed by atoms with Crippen molar-refractivity contribution in [2.24, 2.45) is 0 Å². The Morgan fingerprint density at radius 2 is 2.33 bits per heavy atom. The van der Waals surface area contributed by atoms with Gasteiger partial charge in [-0.05, 0) is 25.0 Å². The molecule has 0 bridgehead atoms. The fourth-order valence-electron chi connectivity index (χ4n) is 2.06. The lowest BCUT2D eigenvalue weighted by Crippen LogP contribution is -2.27. The van der Waals surface area contributed by atoms with Gasteiger partial charge >= 0.3 is 0 Å². The van der Waals surface area contributed by atoms with Crippen molar-refractivity contribution < 1.29 is 9.52 Å². The van der Waals surface area contributed by atoms with Gasteiger partial charge in [0.05, 0.1) is 19.4 Å². The normalized spacial score (nSPS) is 14.7. The summed E-state index contributed by atoms with van der Waals surface area (Å²) in [5.74, 6) is 1.72. The number of aliphatic hydroxyl groups is 1. The van der Waals surface area contributed by atoms with Crippen LogP contribution in [0.4, 0.5) is 5.82 Å². The molecule has 2 aromatic rings. The molecule has 5 heteroatoms. The predicted octanol–water partition coefficient (Wildman–Crippen LogP) is 1.73. The van der Waals surface area contributed by atoms with Gasteiger partial charge in [0, 0.05) is 17.8 Å². The summed E-state index contributed by atoms with van der Waals surface area (Å²) in [4.78, 5) is 10.4. The second-order valence-corrected chi connectivity index (χ2v) is 4.47. The summed E-state index contributed by atoms with van der Waals surface area (Å²) >= 11 is 0. The monoisotopic (exact) mass is 245 g/mol. The van der Waals surface area contributed by atoms with E-state index >= 15 is 0 Å². The van der Waals surface area contributed by atoms with E-state index in [1.165, 1.54) is 6.33 Å². The Balaban J connectivity index is 1.89. The molecule has 0 saturated heterocycles. The Labute approximate surface area is 105 Å². The maximum absolute atomic E-state index is 9.37. The van der Waals surface area contributed by atoms with Crippen LogP contribution in [0.3, 0.4) is 0 Å². The molecule has 0 radical (unpaired) electrons. The maximum atomic E-state index is 9.37. The van der Waals surface area contributed by atoms with Crippen molar-refractivity contribution in [3.8, 4) is 0 Å². The summed E-state index contributed by atoms with van der Waals surface area (Å²) in [5.41, 5.74) is 0.760. The van der Waals surface area contributed by atoms with E-state index in [0.29, 0.717) is 12.6 Å². The number of rotatable bonds is 5.